The number of fused-ring (bicyclic) bond motifs is 2. The number of ether oxygens (including phenoxy) is 2. The molecule has 4 bridgehead atoms. The van der Waals surface area contributed by atoms with Crippen LogP contribution in [-0.2, 0) is 17.7 Å². The van der Waals surface area contributed by atoms with Crippen molar-refractivity contribution in [1.82, 2.24) is 34.8 Å². The smallest absolute Gasteiger partial charge is 0.355 e. The molecule has 0 spiro atoms. The quantitative estimate of drug-likeness (QED) is 0.114. The molecule has 6 aromatic rings. The maximum Gasteiger partial charge on any atom is 0.355 e. The van der Waals surface area contributed by atoms with Crippen molar-refractivity contribution in [2.45, 2.75) is 98.1 Å². The third-order valence-electron chi connectivity index (χ3n) is 14.6. The number of hydrogen-bond donors (Lipinski definition) is 2. The van der Waals surface area contributed by atoms with Crippen molar-refractivity contribution in [2.75, 3.05) is 51.1 Å². The van der Waals surface area contributed by atoms with Crippen LogP contribution in [0.3, 0.4) is 0 Å². The van der Waals surface area contributed by atoms with Gasteiger partial charge in [0.05, 0.1) is 35.7 Å². The SMILES string of the molecule is COc1ccc(-c2c(N3CCCc4c3nnc(Nc3nc5ccccc5s3)c4C)nc(C(=O)O)c(-c3cnn(CC45CC6(C)CC(C)(C4)CC(OCCN(C)C)(C6)C5)c3C)c2C)cc1. The Morgan fingerprint density at radius 1 is 0.906 bits per heavy atom. The first-order chi connectivity index (χ1) is 30.6. The molecule has 64 heavy (non-hydrogen) atoms. The summed E-state index contributed by atoms with van der Waals surface area (Å²) >= 11 is 1.57. The van der Waals surface area contributed by atoms with E-state index in [1.165, 1.54) is 6.42 Å². The third kappa shape index (κ3) is 7.40. The highest BCUT2D eigenvalue weighted by Gasteiger charge is 2.66. The highest BCUT2D eigenvalue weighted by atomic mass is 32.1. The number of likely N-dealkylation sites (N-methyl/N-ethyl adjacent to an activating group) is 1. The summed E-state index contributed by atoms with van der Waals surface area (Å²) in [6.45, 7) is 14.1. The fourth-order valence-corrected chi connectivity index (χ4v) is 14.0. The van der Waals surface area contributed by atoms with Crippen LogP contribution in [0.1, 0.15) is 91.7 Å². The predicted octanol–water partition coefficient (Wildman–Crippen LogP) is 10.2. The number of nitrogens with one attached hydrogen (secondary N) is 1. The van der Waals surface area contributed by atoms with Gasteiger partial charge >= 0.3 is 5.97 Å². The molecule has 4 saturated carbocycles. The van der Waals surface area contributed by atoms with Crippen LogP contribution in [0.15, 0.2) is 54.7 Å². The van der Waals surface area contributed by atoms with Gasteiger partial charge in [-0.3, -0.25) is 4.68 Å². The molecule has 2 aromatic carbocycles. The summed E-state index contributed by atoms with van der Waals surface area (Å²) < 4.78 is 15.7. The molecule has 2 N–H and O–H groups in total. The highest BCUT2D eigenvalue weighted by molar-refractivity contribution is 7.22. The van der Waals surface area contributed by atoms with Gasteiger partial charge in [-0.05, 0) is 138 Å². The zero-order valence-corrected chi connectivity index (χ0v) is 39.2. The summed E-state index contributed by atoms with van der Waals surface area (Å²) in [7, 11) is 5.86. The molecule has 5 heterocycles. The minimum atomic E-state index is -1.10. The Hall–Kier alpha value is -5.44. The van der Waals surface area contributed by atoms with Crippen LogP contribution in [0.2, 0.25) is 0 Å². The van der Waals surface area contributed by atoms with Crippen molar-refractivity contribution in [3.63, 3.8) is 0 Å². The van der Waals surface area contributed by atoms with Gasteiger partial charge in [-0.25, -0.2) is 14.8 Å². The normalized spacial score (nSPS) is 24.7. The Labute approximate surface area is 379 Å². The molecule has 5 aliphatic rings. The van der Waals surface area contributed by atoms with Gasteiger partial charge in [-0.15, -0.1) is 10.2 Å². The maximum absolute atomic E-state index is 13.6. The number of nitrogens with zero attached hydrogens (tertiary/aromatic N) is 8. The summed E-state index contributed by atoms with van der Waals surface area (Å²) in [5, 5.41) is 29.9. The number of benzene rings is 2. The van der Waals surface area contributed by atoms with Gasteiger partial charge in [0.2, 0.25) is 0 Å². The average Bonchev–Trinajstić information content (AvgIpc) is 3.81. The number of rotatable bonds is 13. The van der Waals surface area contributed by atoms with Crippen LogP contribution in [0.25, 0.3) is 32.5 Å². The minimum absolute atomic E-state index is 0.0126. The van der Waals surface area contributed by atoms with Crippen LogP contribution in [-0.4, -0.2) is 92.4 Å². The van der Waals surface area contributed by atoms with E-state index in [1.807, 2.05) is 55.6 Å². The summed E-state index contributed by atoms with van der Waals surface area (Å²) in [6.07, 6.45) is 10.2. The number of para-hydroxylation sites is 1. The van der Waals surface area contributed by atoms with Crippen molar-refractivity contribution in [3.05, 3.63) is 82.8 Å². The first-order valence-corrected chi connectivity index (χ1v) is 23.4. The topological polar surface area (TPSA) is 144 Å². The largest absolute Gasteiger partial charge is 0.497 e. The van der Waals surface area contributed by atoms with E-state index in [2.05, 4.69) is 67.7 Å². The predicted molar refractivity (Wildman–Crippen MR) is 252 cm³/mol. The Balaban J connectivity index is 1.05. The molecule has 0 saturated heterocycles. The molecular weight excluding hydrogens is 823 g/mol. The number of aromatic carboxylic acids is 1. The van der Waals surface area contributed by atoms with Gasteiger partial charge in [-0.2, -0.15) is 5.10 Å². The summed E-state index contributed by atoms with van der Waals surface area (Å²) in [4.78, 5) is 27.7. The molecule has 0 amide bonds. The Bertz CT molecular complexity index is 2750. The van der Waals surface area contributed by atoms with E-state index < -0.39 is 5.97 Å². The Morgan fingerprint density at radius 2 is 1.66 bits per heavy atom. The fraction of sp³-hybridized carbons (Fsp3) is 0.480. The number of methoxy groups -OCH3 is 1. The number of anilines is 4. The molecule has 4 aliphatic carbocycles. The molecule has 2 atom stereocenters. The second kappa shape index (κ2) is 15.6. The summed E-state index contributed by atoms with van der Waals surface area (Å²) in [5.74, 6) is 1.49. The molecule has 14 heteroatoms. The van der Waals surface area contributed by atoms with E-state index in [4.69, 9.17) is 34.7 Å². The number of carboxylic acids is 1. The van der Waals surface area contributed by atoms with Crippen LogP contribution >= 0.6 is 11.3 Å². The molecule has 11 rings (SSSR count). The molecule has 2 unspecified atom stereocenters. The van der Waals surface area contributed by atoms with Crippen LogP contribution in [0.5, 0.6) is 5.75 Å². The zero-order chi connectivity index (χ0) is 44.8. The fourth-order valence-electron chi connectivity index (χ4n) is 13.2. The number of pyridine rings is 1. The van der Waals surface area contributed by atoms with Crippen molar-refractivity contribution in [3.8, 4) is 28.0 Å². The van der Waals surface area contributed by atoms with E-state index >= 15 is 0 Å². The molecule has 4 aromatic heterocycles. The van der Waals surface area contributed by atoms with E-state index in [1.54, 1.807) is 18.4 Å². The van der Waals surface area contributed by atoms with Crippen LogP contribution in [0, 0.1) is 37.0 Å². The van der Waals surface area contributed by atoms with E-state index in [-0.39, 0.29) is 27.5 Å². The average molecular weight is 882 g/mol. The lowest BCUT2D eigenvalue weighted by atomic mass is 9.39. The molecule has 4 fully saturated rings. The summed E-state index contributed by atoms with van der Waals surface area (Å²) in [6, 6.07) is 16.0. The van der Waals surface area contributed by atoms with Crippen LogP contribution < -0.4 is 15.0 Å². The molecule has 13 nitrogen and oxygen atoms in total. The standard InChI is InChI=1S/C50H59N9O4S/c1-30-35-12-11-19-58(43(35)56-55-42(30)54-46-52-37-13-9-10-14-38(37)64-46)44-39(33-15-17-34(62-8)18-16-33)31(2)40(41(53-44)45(60)61)36-22-51-59(32(36)3)29-49-24-47(4)23-48(5,25-49)27-50(26-47,28-49)63-21-20-57(6)7/h9-10,13-18,22H,11-12,19-21,23-29H2,1-8H3,(H,60,61)(H,52,54,55). The van der Waals surface area contributed by atoms with E-state index in [0.29, 0.717) is 29.6 Å². The van der Waals surface area contributed by atoms with Crippen molar-refractivity contribution < 1.29 is 19.4 Å². The first-order valence-electron chi connectivity index (χ1n) is 22.6. The van der Waals surface area contributed by atoms with Gasteiger partial charge in [0.25, 0.3) is 0 Å². The zero-order valence-electron chi connectivity index (χ0n) is 38.3. The Morgan fingerprint density at radius 3 is 2.36 bits per heavy atom. The number of aromatic nitrogens is 6. The first kappa shape index (κ1) is 42.5. The van der Waals surface area contributed by atoms with E-state index in [9.17, 15) is 9.90 Å². The van der Waals surface area contributed by atoms with Crippen molar-refractivity contribution in [2.24, 2.45) is 16.2 Å². The lowest BCUT2D eigenvalue weighted by molar-refractivity contribution is -0.248. The van der Waals surface area contributed by atoms with Gasteiger partial charge in [0.15, 0.2) is 22.5 Å². The highest BCUT2D eigenvalue weighted by Crippen LogP contribution is 2.72. The maximum atomic E-state index is 13.6. The molecule has 1 aliphatic heterocycles. The lowest BCUT2D eigenvalue weighted by Crippen LogP contribution is -2.64. The Kier molecular flexibility index (Phi) is 10.4. The number of carboxylic acid groups (broad SMARTS) is 1. The monoisotopic (exact) mass is 881 g/mol. The molecular formula is C50H59N9O4S. The number of thiazole rings is 1. The minimum Gasteiger partial charge on any atom is -0.497 e. The van der Waals surface area contributed by atoms with Gasteiger partial charge < -0.3 is 29.7 Å². The second-order valence-electron chi connectivity index (χ2n) is 20.4. The van der Waals surface area contributed by atoms with Gasteiger partial charge in [0, 0.05) is 53.1 Å². The molecule has 334 valence electrons. The second-order valence-corrected chi connectivity index (χ2v) is 21.4. The van der Waals surface area contributed by atoms with Gasteiger partial charge in [-0.1, -0.05) is 49.4 Å². The summed E-state index contributed by atoms with van der Waals surface area (Å²) in [5.41, 5.74) is 8.06. The van der Waals surface area contributed by atoms with E-state index in [0.717, 1.165) is 125 Å². The molecule has 0 radical (unpaired) electrons. The number of carbonyl (C=O) groups is 1. The van der Waals surface area contributed by atoms with Crippen LogP contribution in [0.4, 0.5) is 22.6 Å². The number of hydrogen-bond acceptors (Lipinski definition) is 12. The lowest BCUT2D eigenvalue weighted by Gasteiger charge is -2.69. The van der Waals surface area contributed by atoms with Crippen molar-refractivity contribution >= 4 is 50.1 Å². The third-order valence-corrected chi connectivity index (χ3v) is 15.6. The van der Waals surface area contributed by atoms with Crippen molar-refractivity contribution in [1.29, 1.82) is 0 Å². The van der Waals surface area contributed by atoms with Gasteiger partial charge in [0.1, 0.15) is 11.6 Å².